The van der Waals surface area contributed by atoms with Gasteiger partial charge in [-0.05, 0) is 31.9 Å². The Labute approximate surface area is 147 Å². The van der Waals surface area contributed by atoms with E-state index in [4.69, 9.17) is 4.74 Å². The van der Waals surface area contributed by atoms with Crippen molar-refractivity contribution in [3.8, 4) is 0 Å². The van der Waals surface area contributed by atoms with Gasteiger partial charge in [0.2, 0.25) is 0 Å². The summed E-state index contributed by atoms with van der Waals surface area (Å²) in [7, 11) is 3.53. The number of aryl methyl sites for hydroxylation is 2. The lowest BCUT2D eigenvalue weighted by molar-refractivity contribution is 0.0713. The van der Waals surface area contributed by atoms with Crippen molar-refractivity contribution in [2.24, 2.45) is 7.05 Å². The molecule has 7 nitrogen and oxygen atoms in total. The molecule has 0 aromatic carbocycles. The largest absolute Gasteiger partial charge is 0.379 e. The Morgan fingerprint density at radius 3 is 2.72 bits per heavy atom. The number of rotatable bonds is 4. The minimum absolute atomic E-state index is 0.0443. The Morgan fingerprint density at radius 2 is 2.08 bits per heavy atom. The van der Waals surface area contributed by atoms with Gasteiger partial charge in [0.25, 0.3) is 5.91 Å². The van der Waals surface area contributed by atoms with Crippen LogP contribution in [0.2, 0.25) is 0 Å². The van der Waals surface area contributed by atoms with E-state index in [1.54, 1.807) is 11.8 Å². The van der Waals surface area contributed by atoms with Crippen LogP contribution in [-0.2, 0) is 11.8 Å². The molecule has 2 aromatic heterocycles. The minimum atomic E-state index is -0.0663. The maximum Gasteiger partial charge on any atom is 0.255 e. The number of aromatic nitrogens is 4. The summed E-state index contributed by atoms with van der Waals surface area (Å²) < 4.78 is 7.31. The Balaban J connectivity index is 1.59. The maximum absolute atomic E-state index is 13.1. The molecule has 2 aliphatic rings. The van der Waals surface area contributed by atoms with Gasteiger partial charge in [-0.2, -0.15) is 0 Å². The van der Waals surface area contributed by atoms with Crippen LogP contribution < -0.4 is 0 Å². The first-order valence-electron chi connectivity index (χ1n) is 8.72. The standard InChI is InChI=1S/C18H23N5O2/c1-11-4-7-13(17(19-11)12-5-6-12)18(24)23-8-14(16(10-23)25-3)15-9-22(2)21-20-15/h4,7,9,12,14,16H,5-6,8,10H2,1-3H3/t14-,16+/m0/s1. The number of pyridine rings is 1. The average Bonchev–Trinajstić information content (AvgIpc) is 3.22. The number of likely N-dealkylation sites (tertiary alicyclic amines) is 1. The predicted octanol–water partition coefficient (Wildman–Crippen LogP) is 1.65. The fourth-order valence-corrected chi connectivity index (χ4v) is 3.59. The number of carbonyl (C=O) groups is 1. The van der Waals surface area contributed by atoms with Gasteiger partial charge in [0.05, 0.1) is 29.0 Å². The van der Waals surface area contributed by atoms with Crippen LogP contribution in [0.25, 0.3) is 0 Å². The maximum atomic E-state index is 13.1. The second-order valence-corrected chi connectivity index (χ2v) is 7.07. The minimum Gasteiger partial charge on any atom is -0.379 e. The predicted molar refractivity (Wildman–Crippen MR) is 91.4 cm³/mol. The fraction of sp³-hybridized carbons (Fsp3) is 0.556. The summed E-state index contributed by atoms with van der Waals surface area (Å²) in [6, 6.07) is 3.85. The molecular weight excluding hydrogens is 318 g/mol. The highest BCUT2D eigenvalue weighted by atomic mass is 16.5. The van der Waals surface area contributed by atoms with Gasteiger partial charge in [-0.3, -0.25) is 14.5 Å². The molecule has 1 amide bonds. The van der Waals surface area contributed by atoms with Gasteiger partial charge in [-0.1, -0.05) is 5.21 Å². The van der Waals surface area contributed by atoms with Crippen LogP contribution in [0.3, 0.4) is 0 Å². The third-order valence-corrected chi connectivity index (χ3v) is 5.11. The Bertz CT molecular complexity index is 799. The van der Waals surface area contributed by atoms with Crippen molar-refractivity contribution in [3.05, 3.63) is 41.0 Å². The molecule has 3 heterocycles. The number of nitrogens with zero attached hydrogens (tertiary/aromatic N) is 5. The van der Waals surface area contributed by atoms with Crippen molar-refractivity contribution in [1.82, 2.24) is 24.9 Å². The highest BCUT2D eigenvalue weighted by molar-refractivity contribution is 5.96. The molecule has 1 aliphatic heterocycles. The van der Waals surface area contributed by atoms with Crippen molar-refractivity contribution in [2.75, 3.05) is 20.2 Å². The number of methoxy groups -OCH3 is 1. The molecule has 1 aliphatic carbocycles. The number of hydrogen-bond acceptors (Lipinski definition) is 5. The number of hydrogen-bond donors (Lipinski definition) is 0. The molecule has 132 valence electrons. The molecule has 0 N–H and O–H groups in total. The van der Waals surface area contributed by atoms with Gasteiger partial charge < -0.3 is 9.64 Å². The summed E-state index contributed by atoms with van der Waals surface area (Å²) in [5, 5.41) is 8.22. The Morgan fingerprint density at radius 1 is 1.28 bits per heavy atom. The topological polar surface area (TPSA) is 73.1 Å². The second kappa shape index (κ2) is 6.22. The van der Waals surface area contributed by atoms with Crippen LogP contribution in [0.15, 0.2) is 18.3 Å². The van der Waals surface area contributed by atoms with Gasteiger partial charge >= 0.3 is 0 Å². The van der Waals surface area contributed by atoms with Crippen LogP contribution in [0.5, 0.6) is 0 Å². The quantitative estimate of drug-likeness (QED) is 0.845. The zero-order chi connectivity index (χ0) is 17.6. The molecule has 7 heteroatoms. The van der Waals surface area contributed by atoms with E-state index in [0.29, 0.717) is 19.0 Å². The molecule has 0 unspecified atom stereocenters. The van der Waals surface area contributed by atoms with Crippen LogP contribution >= 0.6 is 0 Å². The van der Waals surface area contributed by atoms with Gasteiger partial charge in [0.1, 0.15) is 0 Å². The summed E-state index contributed by atoms with van der Waals surface area (Å²) in [5.74, 6) is 0.531. The van der Waals surface area contributed by atoms with E-state index in [-0.39, 0.29) is 17.9 Å². The molecule has 25 heavy (non-hydrogen) atoms. The Hall–Kier alpha value is -2.28. The first kappa shape index (κ1) is 16.2. The molecule has 1 saturated heterocycles. The lowest BCUT2D eigenvalue weighted by atomic mass is 10.0. The van der Waals surface area contributed by atoms with E-state index in [1.807, 2.05) is 37.2 Å². The zero-order valence-corrected chi connectivity index (χ0v) is 14.8. The molecule has 0 radical (unpaired) electrons. The SMILES string of the molecule is CO[C@@H]1CN(C(=O)c2ccc(C)nc2C2CC2)C[C@H]1c1cn(C)nn1. The van der Waals surface area contributed by atoms with Gasteiger partial charge in [-0.15, -0.1) is 5.10 Å². The first-order chi connectivity index (χ1) is 12.1. The molecule has 2 fully saturated rings. The summed E-state index contributed by atoms with van der Waals surface area (Å²) >= 11 is 0. The third-order valence-electron chi connectivity index (χ3n) is 5.11. The lowest BCUT2D eigenvalue weighted by Crippen LogP contribution is -2.31. The molecule has 4 rings (SSSR count). The van der Waals surface area contributed by atoms with E-state index in [0.717, 1.165) is 35.5 Å². The summed E-state index contributed by atoms with van der Waals surface area (Å²) in [6.45, 7) is 3.13. The zero-order valence-electron chi connectivity index (χ0n) is 14.8. The van der Waals surface area contributed by atoms with E-state index < -0.39 is 0 Å². The fourth-order valence-electron chi connectivity index (χ4n) is 3.59. The van der Waals surface area contributed by atoms with Crippen LogP contribution in [0, 0.1) is 6.92 Å². The number of amides is 1. The van der Waals surface area contributed by atoms with E-state index in [2.05, 4.69) is 15.3 Å². The Kier molecular flexibility index (Phi) is 4.03. The van der Waals surface area contributed by atoms with Crippen molar-refractivity contribution in [1.29, 1.82) is 0 Å². The van der Waals surface area contributed by atoms with Crippen LogP contribution in [-0.4, -0.2) is 57.1 Å². The van der Waals surface area contributed by atoms with Gasteiger partial charge in [0.15, 0.2) is 0 Å². The first-order valence-corrected chi connectivity index (χ1v) is 8.72. The second-order valence-electron chi connectivity index (χ2n) is 7.07. The van der Waals surface area contributed by atoms with Crippen LogP contribution in [0.4, 0.5) is 0 Å². The van der Waals surface area contributed by atoms with Gasteiger partial charge in [0, 0.05) is 45.1 Å². The molecule has 0 spiro atoms. The monoisotopic (exact) mass is 341 g/mol. The number of ether oxygens (including phenoxy) is 1. The van der Waals surface area contributed by atoms with E-state index >= 15 is 0 Å². The van der Waals surface area contributed by atoms with Crippen molar-refractivity contribution >= 4 is 5.91 Å². The molecular formula is C18H23N5O2. The van der Waals surface area contributed by atoms with Crippen molar-refractivity contribution in [2.45, 2.75) is 37.7 Å². The average molecular weight is 341 g/mol. The molecule has 0 bridgehead atoms. The lowest BCUT2D eigenvalue weighted by Gasteiger charge is -2.18. The molecule has 2 aromatic rings. The highest BCUT2D eigenvalue weighted by Crippen LogP contribution is 2.41. The molecule has 2 atom stereocenters. The van der Waals surface area contributed by atoms with Gasteiger partial charge in [-0.25, -0.2) is 0 Å². The normalized spacial score (nSPS) is 23.2. The smallest absolute Gasteiger partial charge is 0.255 e. The summed E-state index contributed by atoms with van der Waals surface area (Å²) in [5.41, 5.74) is 3.53. The third kappa shape index (κ3) is 3.04. The van der Waals surface area contributed by atoms with Crippen molar-refractivity contribution < 1.29 is 9.53 Å². The summed E-state index contributed by atoms with van der Waals surface area (Å²) in [4.78, 5) is 19.7. The van der Waals surface area contributed by atoms with Crippen molar-refractivity contribution in [3.63, 3.8) is 0 Å². The summed E-state index contributed by atoms with van der Waals surface area (Å²) in [6.07, 6.45) is 4.08. The van der Waals surface area contributed by atoms with E-state index in [1.165, 1.54) is 0 Å². The molecule has 1 saturated carbocycles. The van der Waals surface area contributed by atoms with E-state index in [9.17, 15) is 4.79 Å². The highest BCUT2D eigenvalue weighted by Gasteiger charge is 2.40. The van der Waals surface area contributed by atoms with Crippen LogP contribution in [0.1, 0.15) is 52.1 Å². The number of carbonyl (C=O) groups excluding carboxylic acids is 1.